The summed E-state index contributed by atoms with van der Waals surface area (Å²) in [5.41, 5.74) is 5.39. The van der Waals surface area contributed by atoms with Crippen LogP contribution in [0.5, 0.6) is 0 Å². The fourth-order valence-corrected chi connectivity index (χ4v) is 3.80. The van der Waals surface area contributed by atoms with Gasteiger partial charge in [-0.15, -0.1) is 0 Å². The minimum Gasteiger partial charge on any atom is -0.465 e. The number of aromatic nitrogens is 2. The number of esters is 1. The fraction of sp³-hybridized carbons (Fsp3) is 0.304. The van der Waals surface area contributed by atoms with Crippen LogP contribution >= 0.6 is 11.6 Å². The molecule has 0 fully saturated rings. The van der Waals surface area contributed by atoms with Gasteiger partial charge < -0.3 is 19.6 Å². The average Bonchev–Trinajstić information content (AvgIpc) is 3.26. The number of nitrogens with zero attached hydrogens (tertiary/aromatic N) is 1. The summed E-state index contributed by atoms with van der Waals surface area (Å²) >= 11 is 6.24. The molecule has 0 saturated carbocycles. The summed E-state index contributed by atoms with van der Waals surface area (Å²) in [5.74, 6) is -1.83. The summed E-state index contributed by atoms with van der Waals surface area (Å²) in [6, 6.07) is 7.08. The van der Waals surface area contributed by atoms with Crippen LogP contribution < -0.4 is 21.7 Å². The Bertz CT molecular complexity index is 1270. The maximum absolute atomic E-state index is 13.1. The summed E-state index contributed by atoms with van der Waals surface area (Å²) < 4.78 is 6.03. The zero-order valence-electron chi connectivity index (χ0n) is 19.0. The molecule has 0 aliphatic heterocycles. The van der Waals surface area contributed by atoms with Crippen molar-refractivity contribution in [1.29, 1.82) is 0 Å². The molecular weight excluding hydrogens is 462 g/mol. The Hall–Kier alpha value is -3.63. The maximum atomic E-state index is 13.1. The summed E-state index contributed by atoms with van der Waals surface area (Å²) in [7, 11) is 0. The van der Waals surface area contributed by atoms with E-state index in [1.807, 2.05) is 0 Å². The SMILES string of the molecule is CCOC(=O)CNNC(=O)C(C(C)C)n1cccc(NC(=O)c2cc(Cl)c3[nH]ccc3c2)c1=O. The third kappa shape index (κ3) is 5.64. The van der Waals surface area contributed by atoms with Crippen LogP contribution in [0.4, 0.5) is 5.69 Å². The minimum absolute atomic E-state index is 0.00993. The Labute approximate surface area is 200 Å². The quantitative estimate of drug-likeness (QED) is 0.271. The van der Waals surface area contributed by atoms with Gasteiger partial charge in [0.25, 0.3) is 17.4 Å². The van der Waals surface area contributed by atoms with Gasteiger partial charge in [0.1, 0.15) is 18.3 Å². The van der Waals surface area contributed by atoms with Crippen molar-refractivity contribution in [1.82, 2.24) is 20.4 Å². The lowest BCUT2D eigenvalue weighted by atomic mass is 10.0. The molecule has 0 spiro atoms. The van der Waals surface area contributed by atoms with Crippen molar-refractivity contribution in [2.75, 3.05) is 18.5 Å². The van der Waals surface area contributed by atoms with E-state index in [0.29, 0.717) is 10.5 Å². The van der Waals surface area contributed by atoms with Crippen molar-refractivity contribution >= 4 is 46.0 Å². The monoisotopic (exact) mass is 487 g/mol. The van der Waals surface area contributed by atoms with Gasteiger partial charge in [-0.05, 0) is 43.2 Å². The largest absolute Gasteiger partial charge is 0.465 e. The van der Waals surface area contributed by atoms with E-state index in [-0.39, 0.29) is 30.3 Å². The molecule has 34 heavy (non-hydrogen) atoms. The van der Waals surface area contributed by atoms with Crippen molar-refractivity contribution in [3.63, 3.8) is 0 Å². The number of hydrogen-bond donors (Lipinski definition) is 4. The molecule has 0 radical (unpaired) electrons. The molecule has 3 rings (SSSR count). The predicted molar refractivity (Wildman–Crippen MR) is 129 cm³/mol. The van der Waals surface area contributed by atoms with Crippen molar-refractivity contribution < 1.29 is 19.1 Å². The number of rotatable bonds is 9. The normalized spacial score (nSPS) is 11.9. The number of ether oxygens (including phenoxy) is 1. The van der Waals surface area contributed by atoms with Crippen LogP contribution in [0.2, 0.25) is 5.02 Å². The first-order chi connectivity index (χ1) is 16.2. The molecule has 2 amide bonds. The second kappa shape index (κ2) is 11.0. The van der Waals surface area contributed by atoms with Crippen molar-refractivity contribution in [2.24, 2.45) is 5.92 Å². The number of aromatic amines is 1. The topological polar surface area (TPSA) is 134 Å². The molecule has 0 aliphatic rings. The van der Waals surface area contributed by atoms with Gasteiger partial charge in [-0.1, -0.05) is 25.4 Å². The number of halogens is 1. The van der Waals surface area contributed by atoms with Gasteiger partial charge in [-0.2, -0.15) is 0 Å². The van der Waals surface area contributed by atoms with Gasteiger partial charge in [-0.3, -0.25) is 24.6 Å². The maximum Gasteiger partial charge on any atom is 0.321 e. The molecule has 1 atom stereocenters. The molecule has 2 heterocycles. The van der Waals surface area contributed by atoms with E-state index in [1.165, 1.54) is 22.9 Å². The predicted octanol–water partition coefficient (Wildman–Crippen LogP) is 2.62. The summed E-state index contributed by atoms with van der Waals surface area (Å²) in [4.78, 5) is 53.2. The molecule has 10 nitrogen and oxygen atoms in total. The number of anilines is 1. The number of pyridine rings is 1. The van der Waals surface area contributed by atoms with E-state index < -0.39 is 29.4 Å². The van der Waals surface area contributed by atoms with Gasteiger partial charge in [-0.25, -0.2) is 5.43 Å². The Morgan fingerprint density at radius 2 is 1.97 bits per heavy atom. The Morgan fingerprint density at radius 1 is 1.21 bits per heavy atom. The molecule has 180 valence electrons. The van der Waals surface area contributed by atoms with E-state index in [2.05, 4.69) is 21.2 Å². The van der Waals surface area contributed by atoms with Crippen LogP contribution in [0.3, 0.4) is 0 Å². The summed E-state index contributed by atoms with van der Waals surface area (Å²) in [6.45, 7) is 5.24. The van der Waals surface area contributed by atoms with Crippen molar-refractivity contribution in [2.45, 2.75) is 26.8 Å². The van der Waals surface area contributed by atoms with Gasteiger partial charge in [0.05, 0.1) is 17.1 Å². The van der Waals surface area contributed by atoms with E-state index in [1.54, 1.807) is 45.2 Å². The first-order valence-corrected chi connectivity index (χ1v) is 11.1. The third-order valence-electron chi connectivity index (χ3n) is 5.05. The van der Waals surface area contributed by atoms with Crippen LogP contribution in [0.15, 0.2) is 47.5 Å². The fourth-order valence-electron chi connectivity index (χ4n) is 3.52. The Morgan fingerprint density at radius 3 is 2.68 bits per heavy atom. The number of hydrogen-bond acceptors (Lipinski definition) is 6. The van der Waals surface area contributed by atoms with E-state index >= 15 is 0 Å². The standard InChI is InChI=1S/C23H26ClN5O5/c1-4-34-18(30)12-26-28-22(32)20(13(2)3)29-9-5-6-17(23(29)33)27-21(31)15-10-14-7-8-25-19(14)16(24)11-15/h5-11,13,20,25-26H,4,12H2,1-3H3,(H,27,31)(H,28,32). The molecule has 3 aromatic rings. The highest BCUT2D eigenvalue weighted by Crippen LogP contribution is 2.24. The highest BCUT2D eigenvalue weighted by Gasteiger charge is 2.26. The molecule has 1 aromatic carbocycles. The Balaban J connectivity index is 1.79. The summed E-state index contributed by atoms with van der Waals surface area (Å²) in [5, 5.41) is 3.75. The molecular formula is C23H26ClN5O5. The molecule has 1 unspecified atom stereocenters. The number of benzene rings is 1. The molecule has 11 heteroatoms. The van der Waals surface area contributed by atoms with E-state index in [9.17, 15) is 19.2 Å². The van der Waals surface area contributed by atoms with Crippen LogP contribution in [-0.4, -0.2) is 40.5 Å². The van der Waals surface area contributed by atoms with Crippen molar-refractivity contribution in [3.8, 4) is 0 Å². The number of hydrazine groups is 1. The number of nitrogens with one attached hydrogen (secondary N) is 4. The second-order valence-electron chi connectivity index (χ2n) is 7.83. The number of fused-ring (bicyclic) bond motifs is 1. The molecule has 4 N–H and O–H groups in total. The van der Waals surface area contributed by atoms with Gasteiger partial charge in [0.15, 0.2) is 0 Å². The molecule has 0 aliphatic carbocycles. The lowest BCUT2D eigenvalue weighted by Gasteiger charge is -2.23. The zero-order chi connectivity index (χ0) is 24.8. The molecule has 0 saturated heterocycles. The Kier molecular flexibility index (Phi) is 8.08. The van der Waals surface area contributed by atoms with Crippen LogP contribution in [0.25, 0.3) is 10.9 Å². The van der Waals surface area contributed by atoms with Crippen LogP contribution in [-0.2, 0) is 14.3 Å². The van der Waals surface area contributed by atoms with E-state index in [4.69, 9.17) is 16.3 Å². The second-order valence-corrected chi connectivity index (χ2v) is 8.23. The first kappa shape index (κ1) is 25.0. The third-order valence-corrected chi connectivity index (χ3v) is 5.34. The highest BCUT2D eigenvalue weighted by molar-refractivity contribution is 6.35. The highest BCUT2D eigenvalue weighted by atomic mass is 35.5. The van der Waals surface area contributed by atoms with Gasteiger partial charge >= 0.3 is 5.97 Å². The lowest BCUT2D eigenvalue weighted by Crippen LogP contribution is -2.47. The number of carbonyl (C=O) groups excluding carboxylic acids is 3. The number of H-pyrrole nitrogens is 1. The minimum atomic E-state index is -0.898. The number of carbonyl (C=O) groups is 3. The lowest BCUT2D eigenvalue weighted by molar-refractivity contribution is -0.142. The van der Waals surface area contributed by atoms with E-state index in [0.717, 1.165) is 5.39 Å². The molecule has 0 bridgehead atoms. The smallest absolute Gasteiger partial charge is 0.321 e. The van der Waals surface area contributed by atoms with Crippen molar-refractivity contribution in [3.05, 3.63) is 63.7 Å². The van der Waals surface area contributed by atoms with Crippen LogP contribution in [0.1, 0.15) is 37.2 Å². The molecule has 2 aromatic heterocycles. The number of amides is 2. The van der Waals surface area contributed by atoms with Gasteiger partial charge in [0.2, 0.25) is 0 Å². The van der Waals surface area contributed by atoms with Crippen LogP contribution in [0, 0.1) is 5.92 Å². The summed E-state index contributed by atoms with van der Waals surface area (Å²) in [6.07, 6.45) is 3.18. The van der Waals surface area contributed by atoms with Gasteiger partial charge in [0, 0.05) is 23.3 Å². The first-order valence-electron chi connectivity index (χ1n) is 10.7. The zero-order valence-corrected chi connectivity index (χ0v) is 19.7. The average molecular weight is 488 g/mol.